The first-order valence-electron chi connectivity index (χ1n) is 12.3. The second-order valence-corrected chi connectivity index (χ2v) is 9.49. The predicted molar refractivity (Wildman–Crippen MR) is 122 cm³/mol. The fourth-order valence-electron chi connectivity index (χ4n) is 5.16. The largest absolute Gasteiger partial charge is 0.490 e. The van der Waals surface area contributed by atoms with Crippen molar-refractivity contribution in [1.29, 1.82) is 0 Å². The van der Waals surface area contributed by atoms with Crippen molar-refractivity contribution in [2.45, 2.75) is 57.8 Å². The van der Waals surface area contributed by atoms with E-state index in [1.165, 1.54) is 6.07 Å². The molecule has 0 saturated carbocycles. The number of benzene rings is 1. The van der Waals surface area contributed by atoms with Gasteiger partial charge in [-0.3, -0.25) is 14.3 Å². The molecular weight excluding hydrogens is 458 g/mol. The third-order valence-electron chi connectivity index (χ3n) is 7.01. The molecule has 3 aliphatic rings. The lowest BCUT2D eigenvalue weighted by atomic mass is 10.1. The van der Waals surface area contributed by atoms with Crippen molar-refractivity contribution < 1.29 is 27.8 Å². The summed E-state index contributed by atoms with van der Waals surface area (Å²) in [5.74, 6) is -1.70. The van der Waals surface area contributed by atoms with Crippen LogP contribution in [0.15, 0.2) is 18.2 Å². The number of hydrogen-bond acceptors (Lipinski definition) is 5. The van der Waals surface area contributed by atoms with Crippen LogP contribution in [0.2, 0.25) is 0 Å². The molecule has 0 spiro atoms. The maximum absolute atomic E-state index is 13.4. The van der Waals surface area contributed by atoms with Crippen molar-refractivity contribution in [1.82, 2.24) is 19.6 Å². The zero-order valence-electron chi connectivity index (χ0n) is 19.8. The molecule has 5 rings (SSSR count). The van der Waals surface area contributed by atoms with Crippen molar-refractivity contribution in [2.75, 3.05) is 32.8 Å². The molecule has 188 valence electrons. The average Bonchev–Trinajstić information content (AvgIpc) is 3.45. The maximum atomic E-state index is 13.4. The minimum atomic E-state index is -0.942. The molecule has 8 nitrogen and oxygen atoms in total. The van der Waals surface area contributed by atoms with Crippen LogP contribution in [0.4, 0.5) is 8.78 Å². The van der Waals surface area contributed by atoms with Crippen molar-refractivity contribution in [3.8, 4) is 5.75 Å². The number of aromatic nitrogens is 2. The van der Waals surface area contributed by atoms with Crippen molar-refractivity contribution in [2.24, 2.45) is 0 Å². The van der Waals surface area contributed by atoms with Gasteiger partial charge in [0, 0.05) is 56.3 Å². The molecule has 2 amide bonds. The van der Waals surface area contributed by atoms with Crippen LogP contribution in [-0.2, 0) is 28.9 Å². The van der Waals surface area contributed by atoms with Gasteiger partial charge < -0.3 is 19.3 Å². The highest BCUT2D eigenvalue weighted by molar-refractivity contribution is 5.94. The molecule has 1 aliphatic carbocycles. The summed E-state index contributed by atoms with van der Waals surface area (Å²) in [7, 11) is 0. The van der Waals surface area contributed by atoms with Gasteiger partial charge in [-0.05, 0) is 38.3 Å². The van der Waals surface area contributed by atoms with Gasteiger partial charge in [-0.15, -0.1) is 0 Å². The summed E-state index contributed by atoms with van der Waals surface area (Å²) in [4.78, 5) is 29.8. The Labute approximate surface area is 202 Å². The number of hydrogen-bond donors (Lipinski definition) is 0. The van der Waals surface area contributed by atoms with Crippen LogP contribution in [0.5, 0.6) is 5.75 Å². The Kier molecular flexibility index (Phi) is 6.73. The lowest BCUT2D eigenvalue weighted by molar-refractivity contribution is -0.133. The molecule has 0 bridgehead atoms. The number of rotatable bonds is 5. The van der Waals surface area contributed by atoms with E-state index in [0.717, 1.165) is 42.7 Å². The number of carbonyl (C=O) groups excluding carboxylic acids is 2. The summed E-state index contributed by atoms with van der Waals surface area (Å²) in [5.41, 5.74) is 2.43. The third kappa shape index (κ3) is 5.03. The van der Waals surface area contributed by atoms with E-state index in [1.807, 2.05) is 6.92 Å². The zero-order chi connectivity index (χ0) is 24.5. The molecule has 3 heterocycles. The lowest BCUT2D eigenvalue weighted by Gasteiger charge is -2.32. The molecule has 0 unspecified atom stereocenters. The summed E-state index contributed by atoms with van der Waals surface area (Å²) >= 11 is 0. The number of carbonyl (C=O) groups is 2. The second kappa shape index (κ2) is 9.93. The fourth-order valence-corrected chi connectivity index (χ4v) is 5.16. The number of halogens is 2. The maximum Gasteiger partial charge on any atom is 0.274 e. The van der Waals surface area contributed by atoms with E-state index in [1.54, 1.807) is 14.5 Å². The minimum absolute atomic E-state index is 0.00148. The monoisotopic (exact) mass is 488 g/mol. The van der Waals surface area contributed by atoms with Crippen LogP contribution < -0.4 is 4.74 Å². The first kappa shape index (κ1) is 23.7. The molecule has 1 aromatic heterocycles. The van der Waals surface area contributed by atoms with Gasteiger partial charge in [-0.2, -0.15) is 5.10 Å². The van der Waals surface area contributed by atoms with Crippen LogP contribution in [-0.4, -0.2) is 76.4 Å². The Morgan fingerprint density at radius 1 is 1.11 bits per heavy atom. The summed E-state index contributed by atoms with van der Waals surface area (Å²) in [6.07, 6.45) is 3.59. The Hall–Kier alpha value is -3.01. The van der Waals surface area contributed by atoms with E-state index >= 15 is 0 Å². The molecule has 1 aromatic carbocycles. The van der Waals surface area contributed by atoms with Crippen LogP contribution in [0.25, 0.3) is 0 Å². The van der Waals surface area contributed by atoms with E-state index in [9.17, 15) is 18.4 Å². The quantitative estimate of drug-likeness (QED) is 0.647. The topological polar surface area (TPSA) is 76.9 Å². The van der Waals surface area contributed by atoms with Crippen molar-refractivity contribution in [3.05, 3.63) is 46.8 Å². The average molecular weight is 489 g/mol. The molecule has 2 aromatic rings. The van der Waals surface area contributed by atoms with E-state index in [2.05, 4.69) is 5.10 Å². The molecule has 0 radical (unpaired) electrons. The van der Waals surface area contributed by atoms with E-state index < -0.39 is 11.6 Å². The summed E-state index contributed by atoms with van der Waals surface area (Å²) < 4.78 is 39.6. The second-order valence-electron chi connectivity index (χ2n) is 9.49. The fraction of sp³-hybridized carbons (Fsp3) is 0.560. The molecule has 2 fully saturated rings. The number of morpholine rings is 1. The SMILES string of the molecule is C[C@H]1CN(C(=O)c2nn(CC(=O)N3CCC(Oc4ccc(F)c(F)c4)CC3)c3c2CCC3)CCO1. The Balaban J connectivity index is 1.20. The number of fused-ring (bicyclic) bond motifs is 1. The standard InChI is InChI=1S/C25H30F2N4O4/c1-16-14-30(11-12-34-16)25(33)24-19-3-2-4-22(19)31(28-24)15-23(32)29-9-7-17(8-10-29)35-18-5-6-20(26)21(27)13-18/h5-6,13,16-17H,2-4,7-12,14-15H2,1H3/t16-/m0/s1. The molecule has 35 heavy (non-hydrogen) atoms. The van der Waals surface area contributed by atoms with Gasteiger partial charge in [0.05, 0.1) is 12.7 Å². The minimum Gasteiger partial charge on any atom is -0.490 e. The summed E-state index contributed by atoms with van der Waals surface area (Å²) in [5, 5.41) is 4.60. The predicted octanol–water partition coefficient (Wildman–Crippen LogP) is 2.58. The number of likely N-dealkylation sites (tertiary alicyclic amines) is 1. The lowest BCUT2D eigenvalue weighted by Crippen LogP contribution is -2.45. The molecule has 2 saturated heterocycles. The molecule has 2 aliphatic heterocycles. The van der Waals surface area contributed by atoms with Gasteiger partial charge >= 0.3 is 0 Å². The first-order valence-corrected chi connectivity index (χ1v) is 12.3. The van der Waals surface area contributed by atoms with Gasteiger partial charge in [0.25, 0.3) is 5.91 Å². The molecule has 1 atom stereocenters. The number of piperidine rings is 1. The van der Waals surface area contributed by atoms with Gasteiger partial charge in [-0.25, -0.2) is 8.78 Å². The zero-order valence-corrected chi connectivity index (χ0v) is 19.8. The molecular formula is C25H30F2N4O4. The number of ether oxygens (including phenoxy) is 2. The Morgan fingerprint density at radius 3 is 2.66 bits per heavy atom. The highest BCUT2D eigenvalue weighted by Crippen LogP contribution is 2.27. The first-order chi connectivity index (χ1) is 16.9. The third-order valence-corrected chi connectivity index (χ3v) is 7.01. The summed E-state index contributed by atoms with van der Waals surface area (Å²) in [6.45, 7) is 4.68. The highest BCUT2D eigenvalue weighted by atomic mass is 19.2. The van der Waals surface area contributed by atoms with E-state index in [4.69, 9.17) is 9.47 Å². The van der Waals surface area contributed by atoms with E-state index in [0.29, 0.717) is 51.3 Å². The number of nitrogens with zero attached hydrogens (tertiary/aromatic N) is 4. The smallest absolute Gasteiger partial charge is 0.274 e. The van der Waals surface area contributed by atoms with Gasteiger partial charge in [0.1, 0.15) is 18.4 Å². The Morgan fingerprint density at radius 2 is 1.91 bits per heavy atom. The Bertz CT molecular complexity index is 1110. The summed E-state index contributed by atoms with van der Waals surface area (Å²) in [6, 6.07) is 3.50. The van der Waals surface area contributed by atoms with Gasteiger partial charge in [0.2, 0.25) is 5.91 Å². The van der Waals surface area contributed by atoms with Crippen LogP contribution in [0.3, 0.4) is 0 Å². The molecule has 10 heteroatoms. The van der Waals surface area contributed by atoms with Gasteiger partial charge in [-0.1, -0.05) is 0 Å². The van der Waals surface area contributed by atoms with Crippen LogP contribution in [0, 0.1) is 11.6 Å². The molecule has 0 N–H and O–H groups in total. The normalized spacial score (nSPS) is 20.7. The van der Waals surface area contributed by atoms with Crippen molar-refractivity contribution in [3.63, 3.8) is 0 Å². The van der Waals surface area contributed by atoms with Crippen LogP contribution >= 0.6 is 0 Å². The highest BCUT2D eigenvalue weighted by Gasteiger charge is 2.32. The van der Waals surface area contributed by atoms with Gasteiger partial charge in [0.15, 0.2) is 17.3 Å². The number of amides is 2. The van der Waals surface area contributed by atoms with E-state index in [-0.39, 0.29) is 36.3 Å². The van der Waals surface area contributed by atoms with Crippen molar-refractivity contribution >= 4 is 11.8 Å². The van der Waals surface area contributed by atoms with Crippen LogP contribution in [0.1, 0.15) is 47.9 Å².